The van der Waals surface area contributed by atoms with E-state index in [0.29, 0.717) is 18.9 Å². The van der Waals surface area contributed by atoms with Crippen molar-refractivity contribution in [1.82, 2.24) is 4.90 Å². The fourth-order valence-corrected chi connectivity index (χ4v) is 2.22. The van der Waals surface area contributed by atoms with E-state index in [-0.39, 0.29) is 11.9 Å². The summed E-state index contributed by atoms with van der Waals surface area (Å²) in [5.74, 6) is 1.20. The van der Waals surface area contributed by atoms with Crippen LogP contribution in [-0.2, 0) is 4.79 Å². The maximum atomic E-state index is 10.9. The first-order chi connectivity index (χ1) is 7.04. The minimum Gasteiger partial charge on any atom is -0.370 e. The van der Waals surface area contributed by atoms with Crippen LogP contribution in [0.1, 0.15) is 26.7 Å². The summed E-state index contributed by atoms with van der Waals surface area (Å²) in [5.41, 5.74) is 10.9. The minimum atomic E-state index is -0.253. The van der Waals surface area contributed by atoms with Crippen molar-refractivity contribution in [3.8, 4) is 0 Å². The Bertz CT molecular complexity index is 220. The Morgan fingerprint density at radius 2 is 2.13 bits per heavy atom. The third-order valence-electron chi connectivity index (χ3n) is 3.59. The van der Waals surface area contributed by atoms with Crippen molar-refractivity contribution in [1.29, 1.82) is 0 Å². The maximum Gasteiger partial charge on any atom is 0.219 e. The molecule has 0 spiro atoms. The fraction of sp³-hybridized carbons (Fsp3) is 0.909. The van der Waals surface area contributed by atoms with Crippen LogP contribution in [0.3, 0.4) is 0 Å². The van der Waals surface area contributed by atoms with Gasteiger partial charge in [0.25, 0.3) is 0 Å². The van der Waals surface area contributed by atoms with E-state index >= 15 is 0 Å². The number of nitrogens with zero attached hydrogens (tertiary/aromatic N) is 1. The first-order valence-corrected chi connectivity index (χ1v) is 5.77. The molecule has 3 atom stereocenters. The van der Waals surface area contributed by atoms with Crippen molar-refractivity contribution >= 4 is 5.91 Å². The molecular formula is C11H23N3O. The van der Waals surface area contributed by atoms with Gasteiger partial charge in [-0.1, -0.05) is 13.8 Å². The molecule has 0 aromatic rings. The number of piperidine rings is 1. The van der Waals surface area contributed by atoms with Crippen LogP contribution in [0.2, 0.25) is 0 Å². The average molecular weight is 213 g/mol. The molecule has 4 heteroatoms. The first-order valence-electron chi connectivity index (χ1n) is 5.77. The Morgan fingerprint density at radius 3 is 2.60 bits per heavy atom. The van der Waals surface area contributed by atoms with Crippen LogP contribution in [0.4, 0.5) is 0 Å². The quantitative estimate of drug-likeness (QED) is 0.699. The molecular weight excluding hydrogens is 190 g/mol. The van der Waals surface area contributed by atoms with Gasteiger partial charge >= 0.3 is 0 Å². The molecule has 1 heterocycles. The SMILES string of the molecule is CC1CCN(C(CN)CC(N)=O)CC1C. The number of primary amides is 1. The van der Waals surface area contributed by atoms with Gasteiger partial charge in [0.15, 0.2) is 0 Å². The van der Waals surface area contributed by atoms with Crippen LogP contribution in [-0.4, -0.2) is 36.5 Å². The Hall–Kier alpha value is -0.610. The Morgan fingerprint density at radius 1 is 1.47 bits per heavy atom. The smallest absolute Gasteiger partial charge is 0.219 e. The number of nitrogens with two attached hydrogens (primary N) is 2. The van der Waals surface area contributed by atoms with Crippen LogP contribution in [0, 0.1) is 11.8 Å². The molecule has 1 fully saturated rings. The summed E-state index contributed by atoms with van der Waals surface area (Å²) in [6.45, 7) is 7.14. The average Bonchev–Trinajstić information content (AvgIpc) is 2.18. The lowest BCUT2D eigenvalue weighted by atomic mass is 9.87. The molecule has 1 aliphatic heterocycles. The summed E-state index contributed by atoms with van der Waals surface area (Å²) in [4.78, 5) is 13.2. The molecule has 1 aliphatic rings. The van der Waals surface area contributed by atoms with E-state index in [1.807, 2.05) is 0 Å². The number of amides is 1. The van der Waals surface area contributed by atoms with E-state index in [1.165, 1.54) is 6.42 Å². The second-order valence-corrected chi connectivity index (χ2v) is 4.80. The van der Waals surface area contributed by atoms with Gasteiger partial charge in [-0.3, -0.25) is 9.69 Å². The molecule has 3 unspecified atom stereocenters. The van der Waals surface area contributed by atoms with E-state index in [0.717, 1.165) is 19.0 Å². The second kappa shape index (κ2) is 5.47. The lowest BCUT2D eigenvalue weighted by Gasteiger charge is -2.39. The first kappa shape index (κ1) is 12.5. The van der Waals surface area contributed by atoms with Crippen LogP contribution in [0.5, 0.6) is 0 Å². The van der Waals surface area contributed by atoms with Crippen LogP contribution in [0.25, 0.3) is 0 Å². The summed E-state index contributed by atoms with van der Waals surface area (Å²) < 4.78 is 0. The van der Waals surface area contributed by atoms with Gasteiger partial charge in [0.05, 0.1) is 0 Å². The molecule has 0 aliphatic carbocycles. The molecule has 0 bridgehead atoms. The van der Waals surface area contributed by atoms with Crippen molar-refractivity contribution in [3.05, 3.63) is 0 Å². The van der Waals surface area contributed by atoms with E-state index < -0.39 is 0 Å². The minimum absolute atomic E-state index is 0.137. The van der Waals surface area contributed by atoms with Crippen molar-refractivity contribution in [3.63, 3.8) is 0 Å². The van der Waals surface area contributed by atoms with Crippen LogP contribution in [0.15, 0.2) is 0 Å². The van der Waals surface area contributed by atoms with Gasteiger partial charge in [-0.25, -0.2) is 0 Å². The lowest BCUT2D eigenvalue weighted by molar-refractivity contribution is -0.119. The molecule has 0 aromatic heterocycles. The molecule has 88 valence electrons. The van der Waals surface area contributed by atoms with E-state index in [9.17, 15) is 4.79 Å². The molecule has 0 saturated carbocycles. The van der Waals surface area contributed by atoms with E-state index in [4.69, 9.17) is 11.5 Å². The zero-order valence-electron chi connectivity index (χ0n) is 9.78. The van der Waals surface area contributed by atoms with Crippen LogP contribution < -0.4 is 11.5 Å². The highest BCUT2D eigenvalue weighted by Crippen LogP contribution is 2.24. The molecule has 4 N–H and O–H groups in total. The maximum absolute atomic E-state index is 10.9. The van der Waals surface area contributed by atoms with Crippen molar-refractivity contribution in [2.45, 2.75) is 32.7 Å². The summed E-state index contributed by atoms with van der Waals surface area (Å²) in [6.07, 6.45) is 1.58. The molecule has 15 heavy (non-hydrogen) atoms. The van der Waals surface area contributed by atoms with Crippen molar-refractivity contribution in [2.24, 2.45) is 23.3 Å². The van der Waals surface area contributed by atoms with Gasteiger partial charge in [0.2, 0.25) is 5.91 Å². The summed E-state index contributed by atoms with van der Waals surface area (Å²) >= 11 is 0. The fourth-order valence-electron chi connectivity index (χ4n) is 2.22. The summed E-state index contributed by atoms with van der Waals surface area (Å²) in [7, 11) is 0. The topological polar surface area (TPSA) is 72.3 Å². The van der Waals surface area contributed by atoms with Crippen LogP contribution >= 0.6 is 0 Å². The molecule has 1 saturated heterocycles. The highest BCUT2D eigenvalue weighted by Gasteiger charge is 2.27. The number of hydrogen-bond donors (Lipinski definition) is 2. The zero-order valence-corrected chi connectivity index (χ0v) is 9.78. The molecule has 1 rings (SSSR count). The van der Waals surface area contributed by atoms with E-state index in [1.54, 1.807) is 0 Å². The number of hydrogen-bond acceptors (Lipinski definition) is 3. The predicted molar refractivity (Wildman–Crippen MR) is 61.2 cm³/mol. The molecule has 0 aromatic carbocycles. The summed E-state index contributed by atoms with van der Waals surface area (Å²) in [6, 6.07) is 0.137. The third kappa shape index (κ3) is 3.47. The molecule has 0 radical (unpaired) electrons. The lowest BCUT2D eigenvalue weighted by Crippen LogP contribution is -2.49. The van der Waals surface area contributed by atoms with Gasteiger partial charge in [-0.05, 0) is 24.8 Å². The zero-order chi connectivity index (χ0) is 11.4. The van der Waals surface area contributed by atoms with Crippen molar-refractivity contribution in [2.75, 3.05) is 19.6 Å². The van der Waals surface area contributed by atoms with Crippen molar-refractivity contribution < 1.29 is 4.79 Å². The Labute approximate surface area is 92.0 Å². The van der Waals surface area contributed by atoms with Gasteiger partial charge in [0.1, 0.15) is 0 Å². The number of carbonyl (C=O) groups excluding carboxylic acids is 1. The highest BCUT2D eigenvalue weighted by molar-refractivity contribution is 5.74. The molecule has 4 nitrogen and oxygen atoms in total. The third-order valence-corrected chi connectivity index (χ3v) is 3.59. The monoisotopic (exact) mass is 213 g/mol. The van der Waals surface area contributed by atoms with Gasteiger partial charge in [0, 0.05) is 25.6 Å². The molecule has 1 amide bonds. The second-order valence-electron chi connectivity index (χ2n) is 4.80. The predicted octanol–water partition coefficient (Wildman–Crippen LogP) is 0.167. The van der Waals surface area contributed by atoms with Gasteiger partial charge < -0.3 is 11.5 Å². The Kier molecular flexibility index (Phi) is 4.54. The largest absolute Gasteiger partial charge is 0.370 e. The van der Waals surface area contributed by atoms with Gasteiger partial charge in [-0.2, -0.15) is 0 Å². The summed E-state index contributed by atoms with van der Waals surface area (Å²) in [5, 5.41) is 0. The van der Waals surface area contributed by atoms with E-state index in [2.05, 4.69) is 18.7 Å². The number of likely N-dealkylation sites (tertiary alicyclic amines) is 1. The van der Waals surface area contributed by atoms with Gasteiger partial charge in [-0.15, -0.1) is 0 Å². The standard InChI is InChI=1S/C11H23N3O/c1-8-3-4-14(7-9(8)2)10(6-12)5-11(13)15/h8-10H,3-7,12H2,1-2H3,(H2,13,15). The Balaban J connectivity index is 2.50. The number of rotatable bonds is 4. The normalized spacial score (nSPS) is 30.1. The number of carbonyl (C=O) groups is 1. The highest BCUT2D eigenvalue weighted by atomic mass is 16.1.